The molecule has 0 saturated carbocycles. The molecule has 0 rings (SSSR count). The number of halogens is 1. The van der Waals surface area contributed by atoms with E-state index in [-0.39, 0.29) is 24.3 Å². The molecule has 8 nitrogen and oxygen atoms in total. The Balaban J connectivity index is 0. The Kier molecular flexibility index (Phi) is 32.2. The molecule has 0 aromatic heterocycles. The lowest BCUT2D eigenvalue weighted by atomic mass is 10.0. The van der Waals surface area contributed by atoms with E-state index in [1.165, 1.54) is 103 Å². The van der Waals surface area contributed by atoms with Gasteiger partial charge in [0.05, 0.1) is 6.61 Å². The Morgan fingerprint density at radius 3 is 1.55 bits per heavy atom. The lowest BCUT2D eigenvalue weighted by Crippen LogP contribution is -2.47. The number of hydrogen-bond acceptors (Lipinski definition) is 4. The van der Waals surface area contributed by atoms with Crippen molar-refractivity contribution in [1.29, 1.82) is 5.41 Å². The summed E-state index contributed by atoms with van der Waals surface area (Å²) in [6, 6.07) is -0.650. The quantitative estimate of drug-likeness (QED) is 0.0362. The van der Waals surface area contributed by atoms with Gasteiger partial charge in [0.15, 0.2) is 5.96 Å². The molecule has 0 aliphatic carbocycles. The number of carbonyl (C=O) groups excluding carboxylic acids is 2. The molecule has 0 spiro atoms. The maximum absolute atomic E-state index is 12.7. The second-order valence-electron chi connectivity index (χ2n) is 11.0. The fourth-order valence-corrected chi connectivity index (χ4v) is 4.68. The molecule has 9 heteroatoms. The highest BCUT2D eigenvalue weighted by molar-refractivity contribution is 5.85. The largest absolute Gasteiger partial charge is 0.450 e. The summed E-state index contributed by atoms with van der Waals surface area (Å²) >= 11 is 0. The van der Waals surface area contributed by atoms with Gasteiger partial charge in [-0.1, -0.05) is 129 Å². The van der Waals surface area contributed by atoms with Crippen LogP contribution in [-0.2, 0) is 9.53 Å². The zero-order valence-corrected chi connectivity index (χ0v) is 26.8. The van der Waals surface area contributed by atoms with Gasteiger partial charge < -0.3 is 26.4 Å². The van der Waals surface area contributed by atoms with Crippen molar-refractivity contribution < 1.29 is 14.3 Å². The number of ether oxygens (including phenoxy) is 1. The van der Waals surface area contributed by atoms with Crippen LogP contribution in [0.25, 0.3) is 0 Å². The van der Waals surface area contributed by atoms with Gasteiger partial charge in [0, 0.05) is 13.1 Å². The first-order valence-electron chi connectivity index (χ1n) is 16.3. The number of guanidine groups is 1. The molecule has 40 heavy (non-hydrogen) atoms. The molecular weight excluding hydrogens is 526 g/mol. The van der Waals surface area contributed by atoms with E-state index in [1.807, 2.05) is 0 Å². The molecular formula is C31H64ClN5O3. The number of nitrogens with two attached hydrogens (primary N) is 1. The van der Waals surface area contributed by atoms with Crippen molar-refractivity contribution in [3.63, 3.8) is 0 Å². The normalized spacial score (nSPS) is 11.3. The molecule has 0 fully saturated rings. The van der Waals surface area contributed by atoms with Gasteiger partial charge >= 0.3 is 6.09 Å². The third-order valence-corrected chi connectivity index (χ3v) is 7.15. The van der Waals surface area contributed by atoms with Crippen molar-refractivity contribution in [3.05, 3.63) is 0 Å². The highest BCUT2D eigenvalue weighted by Gasteiger charge is 2.20. The Morgan fingerprint density at radius 1 is 0.650 bits per heavy atom. The smallest absolute Gasteiger partial charge is 0.407 e. The number of alkyl carbamates (subject to hydrolysis) is 1. The minimum Gasteiger partial charge on any atom is -0.450 e. The molecule has 1 atom stereocenters. The van der Waals surface area contributed by atoms with Crippen LogP contribution in [0.5, 0.6) is 0 Å². The summed E-state index contributed by atoms with van der Waals surface area (Å²) in [6.45, 7) is 5.93. The first-order chi connectivity index (χ1) is 19.0. The predicted octanol–water partition coefficient (Wildman–Crippen LogP) is 7.72. The van der Waals surface area contributed by atoms with Crippen molar-refractivity contribution in [2.75, 3.05) is 19.7 Å². The van der Waals surface area contributed by atoms with Gasteiger partial charge in [-0.25, -0.2) is 4.79 Å². The summed E-state index contributed by atoms with van der Waals surface area (Å²) < 4.78 is 5.36. The van der Waals surface area contributed by atoms with Crippen LogP contribution in [-0.4, -0.2) is 43.7 Å². The number of hydrogen-bond donors (Lipinski definition) is 5. The molecule has 6 N–H and O–H groups in total. The van der Waals surface area contributed by atoms with Crippen molar-refractivity contribution in [3.8, 4) is 0 Å². The van der Waals surface area contributed by atoms with Crippen LogP contribution in [0.1, 0.15) is 155 Å². The Hall–Kier alpha value is -1.70. The first-order valence-corrected chi connectivity index (χ1v) is 16.3. The molecule has 0 radical (unpaired) electrons. The number of unbranched alkanes of at least 4 members (excludes halogenated alkanes) is 18. The fraction of sp³-hybridized carbons (Fsp3) is 0.903. The van der Waals surface area contributed by atoms with Crippen LogP contribution in [0.2, 0.25) is 0 Å². The SMILES string of the molecule is CCCCCCCCCCCCCCCCOC(=O)N[C@@H](CCCNC(=N)N)C(=O)NCCCCCCCC.Cl. The van der Waals surface area contributed by atoms with Crippen LogP contribution in [0.15, 0.2) is 0 Å². The number of rotatable bonds is 28. The molecule has 0 unspecified atom stereocenters. The van der Waals surface area contributed by atoms with E-state index in [9.17, 15) is 9.59 Å². The molecule has 0 heterocycles. The van der Waals surface area contributed by atoms with E-state index >= 15 is 0 Å². The zero-order valence-electron chi connectivity index (χ0n) is 26.0. The Bertz CT molecular complexity index is 595. The number of carbonyl (C=O) groups is 2. The maximum Gasteiger partial charge on any atom is 0.407 e. The molecule has 0 saturated heterocycles. The van der Waals surface area contributed by atoms with Gasteiger partial charge in [0.2, 0.25) is 5.91 Å². The van der Waals surface area contributed by atoms with Crippen LogP contribution in [0, 0.1) is 5.41 Å². The Labute approximate surface area is 252 Å². The van der Waals surface area contributed by atoms with E-state index < -0.39 is 12.1 Å². The maximum atomic E-state index is 12.7. The predicted molar refractivity (Wildman–Crippen MR) is 171 cm³/mol. The van der Waals surface area contributed by atoms with Gasteiger partial charge in [0.1, 0.15) is 6.04 Å². The molecule has 0 aromatic rings. The van der Waals surface area contributed by atoms with Crippen LogP contribution in [0.3, 0.4) is 0 Å². The highest BCUT2D eigenvalue weighted by Crippen LogP contribution is 2.13. The van der Waals surface area contributed by atoms with Gasteiger partial charge in [-0.05, 0) is 25.7 Å². The van der Waals surface area contributed by atoms with E-state index in [2.05, 4.69) is 29.8 Å². The molecule has 0 aliphatic heterocycles. The lowest BCUT2D eigenvalue weighted by molar-refractivity contribution is -0.123. The second kappa shape index (κ2) is 31.8. The summed E-state index contributed by atoms with van der Waals surface area (Å²) in [7, 11) is 0. The van der Waals surface area contributed by atoms with Gasteiger partial charge in [-0.15, -0.1) is 12.4 Å². The van der Waals surface area contributed by atoms with Crippen molar-refractivity contribution in [1.82, 2.24) is 16.0 Å². The van der Waals surface area contributed by atoms with Crippen LogP contribution in [0.4, 0.5) is 4.79 Å². The monoisotopic (exact) mass is 589 g/mol. The van der Waals surface area contributed by atoms with Crippen molar-refractivity contribution in [2.45, 2.75) is 161 Å². The zero-order chi connectivity index (χ0) is 28.8. The van der Waals surface area contributed by atoms with Gasteiger partial charge in [-0.2, -0.15) is 0 Å². The molecule has 0 aromatic carbocycles. The van der Waals surface area contributed by atoms with E-state index in [4.69, 9.17) is 15.9 Å². The number of nitrogens with one attached hydrogen (secondary N) is 4. The van der Waals surface area contributed by atoms with Crippen LogP contribution >= 0.6 is 12.4 Å². The standard InChI is InChI=1S/C31H63N5O3.ClH/c1-3-5-7-9-11-12-13-14-15-16-17-18-20-22-27-39-31(38)36-28(24-23-26-35-30(32)33)29(37)34-25-21-19-10-8-6-4-2;/h28H,3-27H2,1-2H3,(H,34,37)(H,36,38)(H4,32,33,35);1H/t28-;/m0./s1. The summed E-state index contributed by atoms with van der Waals surface area (Å²) in [5.41, 5.74) is 5.33. The molecule has 0 bridgehead atoms. The second-order valence-corrected chi connectivity index (χ2v) is 11.0. The van der Waals surface area contributed by atoms with Crippen LogP contribution < -0.4 is 21.7 Å². The first kappa shape index (κ1) is 40.4. The molecule has 238 valence electrons. The van der Waals surface area contributed by atoms with Crippen molar-refractivity contribution in [2.24, 2.45) is 5.73 Å². The third kappa shape index (κ3) is 29.3. The summed E-state index contributed by atoms with van der Waals surface area (Å²) in [6.07, 6.45) is 25.5. The lowest BCUT2D eigenvalue weighted by Gasteiger charge is -2.18. The van der Waals surface area contributed by atoms with Crippen molar-refractivity contribution >= 4 is 30.4 Å². The molecule has 2 amide bonds. The Morgan fingerprint density at radius 2 is 1.07 bits per heavy atom. The highest BCUT2D eigenvalue weighted by atomic mass is 35.5. The molecule has 0 aliphatic rings. The third-order valence-electron chi connectivity index (χ3n) is 7.15. The topological polar surface area (TPSA) is 129 Å². The van der Waals surface area contributed by atoms with E-state index in [1.54, 1.807) is 0 Å². The van der Waals surface area contributed by atoms with E-state index in [0.29, 0.717) is 32.5 Å². The fourth-order valence-electron chi connectivity index (χ4n) is 4.68. The minimum atomic E-state index is -0.650. The average Bonchev–Trinajstić information content (AvgIpc) is 2.91. The van der Waals surface area contributed by atoms with Gasteiger partial charge in [-0.3, -0.25) is 10.2 Å². The summed E-state index contributed by atoms with van der Waals surface area (Å²) in [5, 5.41) is 15.7. The van der Waals surface area contributed by atoms with E-state index in [0.717, 1.165) is 25.7 Å². The minimum absolute atomic E-state index is 0. The summed E-state index contributed by atoms with van der Waals surface area (Å²) in [4.78, 5) is 25.0. The number of amides is 2. The van der Waals surface area contributed by atoms with Gasteiger partial charge in [0.25, 0.3) is 0 Å². The summed E-state index contributed by atoms with van der Waals surface area (Å²) in [5.74, 6) is -0.278. The average molecular weight is 590 g/mol.